The van der Waals surface area contributed by atoms with Crippen LogP contribution in [0.25, 0.3) is 0 Å². The van der Waals surface area contributed by atoms with E-state index in [9.17, 15) is 14.0 Å². The van der Waals surface area contributed by atoms with E-state index in [2.05, 4.69) is 20.4 Å². The third kappa shape index (κ3) is 4.03. The lowest BCUT2D eigenvalue weighted by molar-refractivity contribution is -0.132. The summed E-state index contributed by atoms with van der Waals surface area (Å²) in [4.78, 5) is 34.2. The van der Waals surface area contributed by atoms with Gasteiger partial charge in [-0.05, 0) is 24.3 Å². The van der Waals surface area contributed by atoms with Crippen molar-refractivity contribution < 1.29 is 14.0 Å². The van der Waals surface area contributed by atoms with Crippen LogP contribution in [0.2, 0.25) is 0 Å². The molecule has 0 fully saturated rings. The van der Waals surface area contributed by atoms with Gasteiger partial charge in [0.25, 0.3) is 5.91 Å². The fourth-order valence-electron chi connectivity index (χ4n) is 3.54. The van der Waals surface area contributed by atoms with Gasteiger partial charge >= 0.3 is 0 Å². The number of H-pyrrole nitrogens is 1. The number of nitrogens with zero attached hydrogens (tertiary/aromatic N) is 4. The molecule has 1 aliphatic heterocycles. The van der Waals surface area contributed by atoms with Crippen molar-refractivity contribution in [1.82, 2.24) is 30.0 Å². The van der Waals surface area contributed by atoms with Gasteiger partial charge in [0, 0.05) is 49.8 Å². The van der Waals surface area contributed by atoms with Crippen LogP contribution in [-0.4, -0.2) is 49.6 Å². The molecule has 1 unspecified atom stereocenters. The fraction of sp³-hybridized carbons (Fsp3) is 0.300. The van der Waals surface area contributed by atoms with Crippen LogP contribution in [0.3, 0.4) is 0 Å². The van der Waals surface area contributed by atoms with Gasteiger partial charge in [-0.15, -0.1) is 0 Å². The number of aromatic nitrogens is 4. The number of aryl methyl sites for hydroxylation is 1. The molecule has 2 N–H and O–H groups in total. The molecule has 0 aliphatic carbocycles. The molecular weight excluding hydrogens is 375 g/mol. The Morgan fingerprint density at radius 1 is 1.31 bits per heavy atom. The Hall–Kier alpha value is -3.49. The van der Waals surface area contributed by atoms with Crippen LogP contribution in [0.15, 0.2) is 43.0 Å². The van der Waals surface area contributed by atoms with Crippen molar-refractivity contribution in [2.75, 3.05) is 13.1 Å². The van der Waals surface area contributed by atoms with Crippen LogP contribution in [0, 0.1) is 5.82 Å². The monoisotopic (exact) mass is 396 g/mol. The first-order valence-electron chi connectivity index (χ1n) is 9.33. The molecule has 0 radical (unpaired) electrons. The maximum atomic E-state index is 13.0. The molecular formula is C20H21FN6O2. The molecule has 0 saturated heterocycles. The van der Waals surface area contributed by atoms with E-state index in [4.69, 9.17) is 0 Å². The van der Waals surface area contributed by atoms with E-state index in [1.54, 1.807) is 22.1 Å². The van der Waals surface area contributed by atoms with E-state index in [-0.39, 0.29) is 30.7 Å². The number of aromatic amines is 1. The van der Waals surface area contributed by atoms with Gasteiger partial charge in [-0.25, -0.2) is 9.37 Å². The first-order chi connectivity index (χ1) is 14.0. The van der Waals surface area contributed by atoms with E-state index in [1.165, 1.54) is 24.3 Å². The minimum Gasteiger partial charge on any atom is -0.352 e. The Labute approximate surface area is 166 Å². The summed E-state index contributed by atoms with van der Waals surface area (Å²) in [5.74, 6) is -0.835. The molecule has 8 nitrogen and oxygen atoms in total. The Morgan fingerprint density at radius 3 is 2.83 bits per heavy atom. The number of hydrogen-bond donors (Lipinski definition) is 2. The number of carbonyl (C=O) groups excluding carboxylic acids is 2. The maximum Gasteiger partial charge on any atom is 0.251 e. The van der Waals surface area contributed by atoms with Gasteiger partial charge in [-0.1, -0.05) is 0 Å². The summed E-state index contributed by atoms with van der Waals surface area (Å²) in [6.07, 6.45) is 5.54. The van der Waals surface area contributed by atoms with Crippen molar-refractivity contribution >= 4 is 11.8 Å². The predicted molar refractivity (Wildman–Crippen MR) is 102 cm³/mol. The molecule has 150 valence electrons. The van der Waals surface area contributed by atoms with Gasteiger partial charge < -0.3 is 15.2 Å². The number of hydrogen-bond acceptors (Lipinski definition) is 4. The van der Waals surface area contributed by atoms with E-state index in [1.807, 2.05) is 13.2 Å². The van der Waals surface area contributed by atoms with Crippen molar-refractivity contribution in [3.63, 3.8) is 0 Å². The van der Waals surface area contributed by atoms with Crippen molar-refractivity contribution in [2.24, 2.45) is 7.05 Å². The third-order valence-electron chi connectivity index (χ3n) is 5.04. The summed E-state index contributed by atoms with van der Waals surface area (Å²) in [6.45, 7) is 1.17. The molecule has 2 amide bonds. The van der Waals surface area contributed by atoms with Crippen molar-refractivity contribution in [1.29, 1.82) is 0 Å². The van der Waals surface area contributed by atoms with Gasteiger partial charge in [0.2, 0.25) is 5.91 Å². The second kappa shape index (κ2) is 7.86. The summed E-state index contributed by atoms with van der Waals surface area (Å²) >= 11 is 0. The fourth-order valence-corrected chi connectivity index (χ4v) is 3.54. The van der Waals surface area contributed by atoms with E-state index < -0.39 is 5.82 Å². The van der Waals surface area contributed by atoms with Gasteiger partial charge in [-0.3, -0.25) is 14.3 Å². The number of halogens is 1. The number of carbonyl (C=O) groups is 2. The molecule has 1 aliphatic rings. The minimum absolute atomic E-state index is 0.0449. The van der Waals surface area contributed by atoms with Crippen LogP contribution in [0.4, 0.5) is 4.39 Å². The average molecular weight is 396 g/mol. The summed E-state index contributed by atoms with van der Waals surface area (Å²) < 4.78 is 14.7. The highest BCUT2D eigenvalue weighted by atomic mass is 19.1. The van der Waals surface area contributed by atoms with E-state index in [0.29, 0.717) is 18.7 Å². The lowest BCUT2D eigenvalue weighted by atomic mass is 9.93. The summed E-state index contributed by atoms with van der Waals surface area (Å²) in [5.41, 5.74) is 3.21. The lowest BCUT2D eigenvalue weighted by Crippen LogP contribution is -2.40. The lowest BCUT2D eigenvalue weighted by Gasteiger charge is -2.31. The van der Waals surface area contributed by atoms with Crippen LogP contribution in [-0.2, 0) is 18.4 Å². The van der Waals surface area contributed by atoms with Crippen LogP contribution >= 0.6 is 0 Å². The van der Waals surface area contributed by atoms with Crippen molar-refractivity contribution in [2.45, 2.75) is 18.9 Å². The molecule has 2 aromatic heterocycles. The number of rotatable bonds is 5. The second-order valence-corrected chi connectivity index (χ2v) is 7.05. The molecule has 3 heterocycles. The number of imidazole rings is 1. The topological polar surface area (TPSA) is 95.9 Å². The van der Waals surface area contributed by atoms with Crippen molar-refractivity contribution in [3.05, 3.63) is 71.3 Å². The summed E-state index contributed by atoms with van der Waals surface area (Å²) in [7, 11) is 1.85. The standard InChI is InChI=1S/C20H21FN6O2/c1-26-9-14(8-25-26)16-10-27(11-17-19(16)24-12-23-17)18(28)6-7-22-20(29)13-2-4-15(21)5-3-13/h2-5,8-9,12,16H,6-7,10-11H2,1H3,(H,22,29)(H,23,24). The van der Waals surface area contributed by atoms with Crippen LogP contribution in [0.5, 0.6) is 0 Å². The zero-order valence-electron chi connectivity index (χ0n) is 15.9. The maximum absolute atomic E-state index is 13.0. The molecule has 9 heteroatoms. The van der Waals surface area contributed by atoms with E-state index in [0.717, 1.165) is 17.0 Å². The Balaban J connectivity index is 1.37. The Morgan fingerprint density at radius 2 is 2.10 bits per heavy atom. The molecule has 4 rings (SSSR count). The molecule has 0 spiro atoms. The highest BCUT2D eigenvalue weighted by Gasteiger charge is 2.31. The Bertz CT molecular complexity index is 1030. The summed E-state index contributed by atoms with van der Waals surface area (Å²) in [6, 6.07) is 5.29. The zero-order valence-corrected chi connectivity index (χ0v) is 15.9. The number of nitrogens with one attached hydrogen (secondary N) is 2. The first-order valence-corrected chi connectivity index (χ1v) is 9.33. The normalized spacial score (nSPS) is 15.8. The number of amides is 2. The highest BCUT2D eigenvalue weighted by molar-refractivity contribution is 5.94. The van der Waals surface area contributed by atoms with Crippen LogP contribution in [0.1, 0.15) is 39.6 Å². The van der Waals surface area contributed by atoms with Gasteiger partial charge in [0.15, 0.2) is 0 Å². The minimum atomic E-state index is -0.400. The van der Waals surface area contributed by atoms with Crippen molar-refractivity contribution in [3.8, 4) is 0 Å². The van der Waals surface area contributed by atoms with Gasteiger partial charge in [0.1, 0.15) is 5.82 Å². The second-order valence-electron chi connectivity index (χ2n) is 7.05. The number of fused-ring (bicyclic) bond motifs is 1. The quantitative estimate of drug-likeness (QED) is 0.684. The van der Waals surface area contributed by atoms with Gasteiger partial charge in [0.05, 0.1) is 30.5 Å². The molecule has 0 bridgehead atoms. The molecule has 1 atom stereocenters. The van der Waals surface area contributed by atoms with Crippen LogP contribution < -0.4 is 5.32 Å². The van der Waals surface area contributed by atoms with E-state index >= 15 is 0 Å². The molecule has 1 aromatic carbocycles. The molecule has 3 aromatic rings. The molecule has 29 heavy (non-hydrogen) atoms. The number of benzene rings is 1. The molecule has 0 saturated carbocycles. The average Bonchev–Trinajstić information content (AvgIpc) is 3.36. The smallest absolute Gasteiger partial charge is 0.251 e. The third-order valence-corrected chi connectivity index (χ3v) is 5.04. The zero-order chi connectivity index (χ0) is 20.4. The first kappa shape index (κ1) is 18.9. The predicted octanol–water partition coefficient (Wildman–Crippen LogP) is 1.58. The SMILES string of the molecule is Cn1cc(C2CN(C(=O)CCNC(=O)c3ccc(F)cc3)Cc3[nH]cnc32)cn1. The van der Waals surface area contributed by atoms with Gasteiger partial charge in [-0.2, -0.15) is 5.10 Å². The Kier molecular flexibility index (Phi) is 5.11. The highest BCUT2D eigenvalue weighted by Crippen LogP contribution is 2.31. The largest absolute Gasteiger partial charge is 0.352 e. The summed E-state index contributed by atoms with van der Waals surface area (Å²) in [5, 5.41) is 6.93.